The Hall–Kier alpha value is -1.98. The standard InChI is InChI=1S/C16H25N3O3/c1-10-7-11-12(8-16(2,3)9-13(11)22-10)19-15(21)18-6-4-5-14(17)20/h7,12H,4-6,8-9H2,1-3H3,(H2,17,20)(H2,18,19,21). The number of furan rings is 1. The second-order valence-electron chi connectivity index (χ2n) is 6.80. The molecule has 1 aliphatic carbocycles. The first-order valence-corrected chi connectivity index (χ1v) is 7.69. The Kier molecular flexibility index (Phi) is 4.78. The van der Waals surface area contributed by atoms with Crippen molar-refractivity contribution in [3.8, 4) is 0 Å². The van der Waals surface area contributed by atoms with E-state index in [1.165, 1.54) is 0 Å². The number of primary amides is 1. The number of nitrogens with two attached hydrogens (primary N) is 1. The summed E-state index contributed by atoms with van der Waals surface area (Å²) >= 11 is 0. The van der Waals surface area contributed by atoms with Crippen LogP contribution >= 0.6 is 0 Å². The molecule has 0 saturated heterocycles. The first-order chi connectivity index (χ1) is 10.3. The second-order valence-corrected chi connectivity index (χ2v) is 6.80. The molecule has 6 heteroatoms. The molecule has 0 bridgehead atoms. The van der Waals surface area contributed by atoms with Gasteiger partial charge in [0.2, 0.25) is 5.91 Å². The number of carbonyl (C=O) groups excluding carboxylic acids is 2. The molecule has 1 aromatic heterocycles. The molecule has 122 valence electrons. The van der Waals surface area contributed by atoms with Crippen molar-refractivity contribution in [3.63, 3.8) is 0 Å². The van der Waals surface area contributed by atoms with Crippen molar-refractivity contribution in [3.05, 3.63) is 23.2 Å². The van der Waals surface area contributed by atoms with Crippen molar-refractivity contribution in [2.24, 2.45) is 11.1 Å². The van der Waals surface area contributed by atoms with Gasteiger partial charge in [0.1, 0.15) is 11.5 Å². The minimum Gasteiger partial charge on any atom is -0.466 e. The van der Waals surface area contributed by atoms with E-state index in [1.54, 1.807) is 0 Å². The number of carbonyl (C=O) groups is 2. The second kappa shape index (κ2) is 6.42. The van der Waals surface area contributed by atoms with Crippen molar-refractivity contribution >= 4 is 11.9 Å². The third-order valence-corrected chi connectivity index (χ3v) is 3.93. The molecule has 22 heavy (non-hydrogen) atoms. The van der Waals surface area contributed by atoms with Crippen LogP contribution in [0.25, 0.3) is 0 Å². The van der Waals surface area contributed by atoms with Crippen LogP contribution in [0.1, 0.15) is 56.2 Å². The summed E-state index contributed by atoms with van der Waals surface area (Å²) in [7, 11) is 0. The summed E-state index contributed by atoms with van der Waals surface area (Å²) in [6.07, 6.45) is 2.58. The van der Waals surface area contributed by atoms with E-state index in [2.05, 4.69) is 24.5 Å². The summed E-state index contributed by atoms with van der Waals surface area (Å²) in [4.78, 5) is 22.7. The first-order valence-electron chi connectivity index (χ1n) is 7.69. The van der Waals surface area contributed by atoms with Gasteiger partial charge in [-0.05, 0) is 31.2 Å². The molecule has 0 fully saturated rings. The Morgan fingerprint density at radius 2 is 2.18 bits per heavy atom. The van der Waals surface area contributed by atoms with Gasteiger partial charge in [0.25, 0.3) is 0 Å². The van der Waals surface area contributed by atoms with Gasteiger partial charge in [-0.2, -0.15) is 0 Å². The van der Waals surface area contributed by atoms with Gasteiger partial charge in [-0.3, -0.25) is 4.79 Å². The highest BCUT2D eigenvalue weighted by Crippen LogP contribution is 2.41. The van der Waals surface area contributed by atoms with Crippen molar-refractivity contribution in [1.29, 1.82) is 0 Å². The van der Waals surface area contributed by atoms with Gasteiger partial charge >= 0.3 is 6.03 Å². The summed E-state index contributed by atoms with van der Waals surface area (Å²) in [6.45, 7) is 6.70. The zero-order valence-electron chi connectivity index (χ0n) is 13.5. The normalized spacial score (nSPS) is 19.3. The molecule has 1 heterocycles. The maximum Gasteiger partial charge on any atom is 0.315 e. The largest absolute Gasteiger partial charge is 0.466 e. The van der Waals surface area contributed by atoms with E-state index in [0.29, 0.717) is 13.0 Å². The van der Waals surface area contributed by atoms with E-state index < -0.39 is 0 Å². The summed E-state index contributed by atoms with van der Waals surface area (Å²) in [5, 5.41) is 5.77. The summed E-state index contributed by atoms with van der Waals surface area (Å²) in [6, 6.07) is 1.73. The van der Waals surface area contributed by atoms with Gasteiger partial charge in [0.05, 0.1) is 6.04 Å². The molecule has 1 unspecified atom stereocenters. The fraction of sp³-hybridized carbons (Fsp3) is 0.625. The van der Waals surface area contributed by atoms with Crippen LogP contribution in [0.5, 0.6) is 0 Å². The highest BCUT2D eigenvalue weighted by molar-refractivity contribution is 5.75. The Morgan fingerprint density at radius 1 is 1.45 bits per heavy atom. The maximum atomic E-state index is 12.0. The van der Waals surface area contributed by atoms with E-state index in [1.807, 2.05) is 13.0 Å². The van der Waals surface area contributed by atoms with E-state index in [4.69, 9.17) is 10.2 Å². The molecular formula is C16H25N3O3. The quantitative estimate of drug-likeness (QED) is 0.727. The minimum atomic E-state index is -0.352. The molecule has 1 aromatic rings. The number of hydrogen-bond donors (Lipinski definition) is 3. The number of nitrogens with one attached hydrogen (secondary N) is 2. The van der Waals surface area contributed by atoms with Gasteiger partial charge in [0, 0.05) is 24.9 Å². The summed E-state index contributed by atoms with van der Waals surface area (Å²) in [5.41, 5.74) is 6.22. The number of amides is 3. The van der Waals surface area contributed by atoms with Crippen molar-refractivity contribution < 1.29 is 14.0 Å². The molecule has 1 aliphatic rings. The minimum absolute atomic E-state index is 0.0488. The van der Waals surface area contributed by atoms with Crippen LogP contribution < -0.4 is 16.4 Å². The molecule has 0 aromatic carbocycles. The third kappa shape index (κ3) is 4.26. The number of fused-ring (bicyclic) bond motifs is 1. The lowest BCUT2D eigenvalue weighted by Crippen LogP contribution is -2.41. The SMILES string of the molecule is Cc1cc2c(o1)CC(C)(C)CC2NC(=O)NCCCC(N)=O. The molecule has 3 amide bonds. The molecule has 1 atom stereocenters. The maximum absolute atomic E-state index is 12.0. The van der Waals surface area contributed by atoms with E-state index in [0.717, 1.165) is 29.9 Å². The zero-order valence-corrected chi connectivity index (χ0v) is 13.5. The lowest BCUT2D eigenvalue weighted by Gasteiger charge is -2.34. The van der Waals surface area contributed by atoms with E-state index >= 15 is 0 Å². The molecule has 0 aliphatic heterocycles. The fourth-order valence-corrected chi connectivity index (χ4v) is 2.99. The van der Waals surface area contributed by atoms with Crippen LogP contribution in [0.15, 0.2) is 10.5 Å². The van der Waals surface area contributed by atoms with E-state index in [-0.39, 0.29) is 29.8 Å². The highest BCUT2D eigenvalue weighted by atomic mass is 16.3. The van der Waals surface area contributed by atoms with Gasteiger partial charge in [-0.1, -0.05) is 13.8 Å². The molecule has 4 N–H and O–H groups in total. The van der Waals surface area contributed by atoms with Crippen LogP contribution in [0.3, 0.4) is 0 Å². The Labute approximate surface area is 130 Å². The zero-order chi connectivity index (χ0) is 16.3. The van der Waals surface area contributed by atoms with Crippen LogP contribution in [-0.4, -0.2) is 18.5 Å². The number of rotatable bonds is 5. The van der Waals surface area contributed by atoms with Crippen molar-refractivity contribution in [2.45, 2.75) is 52.5 Å². The Bertz CT molecular complexity index is 563. The molecule has 0 saturated carbocycles. The van der Waals surface area contributed by atoms with Gasteiger partial charge in [-0.15, -0.1) is 0 Å². The monoisotopic (exact) mass is 307 g/mol. The smallest absolute Gasteiger partial charge is 0.315 e. The number of aryl methyl sites for hydroxylation is 1. The van der Waals surface area contributed by atoms with Crippen molar-refractivity contribution in [1.82, 2.24) is 10.6 Å². The van der Waals surface area contributed by atoms with Gasteiger partial charge in [0.15, 0.2) is 0 Å². The molecule has 6 nitrogen and oxygen atoms in total. The van der Waals surface area contributed by atoms with Crippen molar-refractivity contribution in [2.75, 3.05) is 6.54 Å². The summed E-state index contributed by atoms with van der Waals surface area (Å²) < 4.78 is 5.76. The Balaban J connectivity index is 1.94. The first kappa shape index (κ1) is 16.4. The molecule has 2 rings (SSSR count). The highest BCUT2D eigenvalue weighted by Gasteiger charge is 2.35. The van der Waals surface area contributed by atoms with E-state index in [9.17, 15) is 9.59 Å². The van der Waals surface area contributed by atoms with Gasteiger partial charge < -0.3 is 20.8 Å². The number of hydrogen-bond acceptors (Lipinski definition) is 3. The summed E-state index contributed by atoms with van der Waals surface area (Å²) in [5.74, 6) is 1.49. The molecule has 0 radical (unpaired) electrons. The predicted octanol–water partition coefficient (Wildman–Crippen LogP) is 2.17. The lowest BCUT2D eigenvalue weighted by molar-refractivity contribution is -0.118. The van der Waals surface area contributed by atoms with Crippen LogP contribution in [-0.2, 0) is 11.2 Å². The van der Waals surface area contributed by atoms with Gasteiger partial charge in [-0.25, -0.2) is 4.79 Å². The molecule has 0 spiro atoms. The third-order valence-electron chi connectivity index (χ3n) is 3.93. The fourth-order valence-electron chi connectivity index (χ4n) is 2.99. The topological polar surface area (TPSA) is 97.4 Å². The van der Waals surface area contributed by atoms with Crippen LogP contribution in [0.4, 0.5) is 4.79 Å². The molecular weight excluding hydrogens is 282 g/mol. The van der Waals surface area contributed by atoms with Crippen LogP contribution in [0.2, 0.25) is 0 Å². The van der Waals surface area contributed by atoms with Crippen LogP contribution in [0, 0.1) is 12.3 Å². The average molecular weight is 307 g/mol. The number of urea groups is 1. The Morgan fingerprint density at radius 3 is 2.86 bits per heavy atom. The average Bonchev–Trinajstić information content (AvgIpc) is 2.73. The predicted molar refractivity (Wildman–Crippen MR) is 83.3 cm³/mol. The lowest BCUT2D eigenvalue weighted by atomic mass is 9.75.